The normalized spacial score (nSPS) is 10.8. The third kappa shape index (κ3) is 4.06. The number of nitro benzene ring substituents is 1. The Morgan fingerprint density at radius 3 is 2.63 bits per heavy atom. The summed E-state index contributed by atoms with van der Waals surface area (Å²) in [7, 11) is 0. The van der Waals surface area contributed by atoms with Crippen LogP contribution in [0.4, 0.5) is 11.6 Å². The van der Waals surface area contributed by atoms with Crippen LogP contribution in [0.25, 0.3) is 11.3 Å². The lowest BCUT2D eigenvalue weighted by Gasteiger charge is -2.05. The van der Waals surface area contributed by atoms with Crippen molar-refractivity contribution in [1.29, 1.82) is 0 Å². The van der Waals surface area contributed by atoms with Gasteiger partial charge >= 0.3 is 0 Å². The van der Waals surface area contributed by atoms with E-state index in [-0.39, 0.29) is 18.1 Å². The standard InChI is InChI=1S/C16H17N7O3.ClH/c1-9-7-14(23(24)25)10(2)6-13(9)15-5-4-12(26-15)8-18-20-16-21-19-11(3)22(16)17;/h4-8H,17H2,1-3H3,(H,20,21);1H. The minimum atomic E-state index is -0.393. The molecule has 0 saturated carbocycles. The largest absolute Gasteiger partial charge is 0.455 e. The van der Waals surface area contributed by atoms with E-state index < -0.39 is 4.92 Å². The molecule has 0 aliphatic carbocycles. The summed E-state index contributed by atoms with van der Waals surface area (Å²) in [4.78, 5) is 10.6. The van der Waals surface area contributed by atoms with Gasteiger partial charge in [0.1, 0.15) is 11.5 Å². The number of rotatable bonds is 5. The van der Waals surface area contributed by atoms with Gasteiger partial charge in [-0.15, -0.1) is 22.6 Å². The van der Waals surface area contributed by atoms with Crippen molar-refractivity contribution < 1.29 is 9.34 Å². The summed E-state index contributed by atoms with van der Waals surface area (Å²) in [6, 6.07) is 6.81. The summed E-state index contributed by atoms with van der Waals surface area (Å²) in [6.07, 6.45) is 1.47. The van der Waals surface area contributed by atoms with E-state index in [1.165, 1.54) is 10.9 Å². The Labute approximate surface area is 160 Å². The van der Waals surface area contributed by atoms with Crippen LogP contribution in [-0.2, 0) is 0 Å². The lowest BCUT2D eigenvalue weighted by Crippen LogP contribution is -2.13. The van der Waals surface area contributed by atoms with E-state index in [1.807, 2.05) is 0 Å². The van der Waals surface area contributed by atoms with Gasteiger partial charge in [0.05, 0.1) is 11.1 Å². The molecular formula is C16H18ClN7O3. The van der Waals surface area contributed by atoms with Crippen molar-refractivity contribution in [3.05, 3.63) is 57.1 Å². The molecule has 27 heavy (non-hydrogen) atoms. The van der Waals surface area contributed by atoms with Gasteiger partial charge in [0.2, 0.25) is 0 Å². The predicted octanol–water partition coefficient (Wildman–Crippen LogP) is 2.95. The highest BCUT2D eigenvalue weighted by Gasteiger charge is 2.16. The molecule has 0 fully saturated rings. The fourth-order valence-electron chi connectivity index (χ4n) is 2.43. The van der Waals surface area contributed by atoms with Crippen LogP contribution in [0.15, 0.2) is 33.8 Å². The number of halogens is 1. The molecule has 0 unspecified atom stereocenters. The Hall–Kier alpha value is -3.40. The van der Waals surface area contributed by atoms with Crippen molar-refractivity contribution in [1.82, 2.24) is 14.9 Å². The van der Waals surface area contributed by atoms with Crippen LogP contribution >= 0.6 is 12.4 Å². The van der Waals surface area contributed by atoms with E-state index in [1.54, 1.807) is 45.0 Å². The maximum atomic E-state index is 11.0. The number of aromatic nitrogens is 3. The molecule has 0 atom stereocenters. The topological polar surface area (TPSA) is 137 Å². The number of hydrogen-bond acceptors (Lipinski definition) is 8. The number of aryl methyl sites for hydroxylation is 3. The van der Waals surface area contributed by atoms with Crippen LogP contribution in [0.1, 0.15) is 22.7 Å². The second kappa shape index (κ2) is 7.87. The molecule has 142 valence electrons. The molecule has 3 N–H and O–H groups in total. The van der Waals surface area contributed by atoms with Gasteiger partial charge in [-0.1, -0.05) is 0 Å². The molecule has 1 aromatic carbocycles. The number of anilines is 1. The Balaban J connectivity index is 0.00000261. The van der Waals surface area contributed by atoms with Crippen molar-refractivity contribution in [3.63, 3.8) is 0 Å². The van der Waals surface area contributed by atoms with Crippen LogP contribution in [0.5, 0.6) is 0 Å². The first-order valence-electron chi connectivity index (χ1n) is 7.69. The number of furan rings is 1. The van der Waals surface area contributed by atoms with Gasteiger partial charge in [0.25, 0.3) is 11.6 Å². The fraction of sp³-hybridized carbons (Fsp3) is 0.188. The summed E-state index contributed by atoms with van der Waals surface area (Å²) in [5.74, 6) is 7.66. The van der Waals surface area contributed by atoms with Crippen LogP contribution < -0.4 is 11.3 Å². The molecule has 0 spiro atoms. The monoisotopic (exact) mass is 391 g/mol. The van der Waals surface area contributed by atoms with Crippen LogP contribution in [0.3, 0.4) is 0 Å². The Morgan fingerprint density at radius 2 is 2.00 bits per heavy atom. The number of hydrogen-bond donors (Lipinski definition) is 2. The SMILES string of the molecule is Cc1cc([N+](=O)[O-])c(C)cc1-c1ccc(C=NNc2nnc(C)n2N)o1.Cl. The summed E-state index contributed by atoms with van der Waals surface area (Å²) in [6.45, 7) is 5.21. The second-order valence-corrected chi connectivity index (χ2v) is 5.72. The molecule has 0 amide bonds. The number of nitrogens with zero attached hydrogens (tertiary/aromatic N) is 5. The highest BCUT2D eigenvalue weighted by atomic mass is 35.5. The maximum absolute atomic E-state index is 11.0. The lowest BCUT2D eigenvalue weighted by atomic mass is 10.0. The van der Waals surface area contributed by atoms with E-state index in [0.29, 0.717) is 28.9 Å². The molecule has 0 aliphatic rings. The Kier molecular flexibility index (Phi) is 5.81. The number of benzene rings is 1. The van der Waals surface area contributed by atoms with Gasteiger partial charge in [-0.05, 0) is 44.5 Å². The van der Waals surface area contributed by atoms with Crippen molar-refractivity contribution in [2.24, 2.45) is 5.10 Å². The molecule has 2 heterocycles. The van der Waals surface area contributed by atoms with Crippen LogP contribution in [0, 0.1) is 30.9 Å². The van der Waals surface area contributed by atoms with Gasteiger partial charge in [-0.2, -0.15) is 5.10 Å². The number of nitrogen functional groups attached to an aromatic ring is 1. The lowest BCUT2D eigenvalue weighted by molar-refractivity contribution is -0.385. The highest BCUT2D eigenvalue weighted by molar-refractivity contribution is 5.85. The summed E-state index contributed by atoms with van der Waals surface area (Å²) >= 11 is 0. The molecule has 0 bridgehead atoms. The fourth-order valence-corrected chi connectivity index (χ4v) is 2.43. The maximum Gasteiger partial charge on any atom is 0.272 e. The smallest absolute Gasteiger partial charge is 0.272 e. The van der Waals surface area contributed by atoms with Crippen LogP contribution in [0.2, 0.25) is 0 Å². The number of nitrogens with two attached hydrogens (primary N) is 1. The highest BCUT2D eigenvalue weighted by Crippen LogP contribution is 2.30. The van der Waals surface area contributed by atoms with Crippen molar-refractivity contribution in [2.75, 3.05) is 11.3 Å². The number of hydrazone groups is 1. The van der Waals surface area contributed by atoms with E-state index in [0.717, 1.165) is 11.1 Å². The van der Waals surface area contributed by atoms with Gasteiger partial charge in [0, 0.05) is 17.2 Å². The van der Waals surface area contributed by atoms with Crippen molar-refractivity contribution in [2.45, 2.75) is 20.8 Å². The Morgan fingerprint density at radius 1 is 1.26 bits per heavy atom. The average molecular weight is 392 g/mol. The van der Waals surface area contributed by atoms with Crippen LogP contribution in [-0.4, -0.2) is 26.0 Å². The molecule has 0 saturated heterocycles. The molecular weight excluding hydrogens is 374 g/mol. The van der Waals surface area contributed by atoms with E-state index in [9.17, 15) is 10.1 Å². The predicted molar refractivity (Wildman–Crippen MR) is 104 cm³/mol. The van der Waals surface area contributed by atoms with Crippen molar-refractivity contribution in [3.8, 4) is 11.3 Å². The minimum absolute atomic E-state index is 0. The first-order chi connectivity index (χ1) is 12.4. The first kappa shape index (κ1) is 19.9. The van der Waals surface area contributed by atoms with Gasteiger partial charge in [-0.25, -0.2) is 10.1 Å². The molecule has 10 nitrogen and oxygen atoms in total. The molecule has 3 aromatic rings. The summed E-state index contributed by atoms with van der Waals surface area (Å²) in [5, 5.41) is 22.7. The van der Waals surface area contributed by atoms with Gasteiger partial charge in [-0.3, -0.25) is 10.1 Å². The minimum Gasteiger partial charge on any atom is -0.455 e. The first-order valence-corrected chi connectivity index (χ1v) is 7.69. The molecule has 3 rings (SSSR count). The van der Waals surface area contributed by atoms with Gasteiger partial charge < -0.3 is 10.3 Å². The van der Waals surface area contributed by atoms with E-state index in [2.05, 4.69) is 20.7 Å². The zero-order valence-corrected chi connectivity index (χ0v) is 15.6. The zero-order chi connectivity index (χ0) is 18.8. The zero-order valence-electron chi connectivity index (χ0n) is 14.8. The molecule has 0 aliphatic heterocycles. The number of nitro groups is 1. The third-order valence-corrected chi connectivity index (χ3v) is 3.85. The molecule has 0 radical (unpaired) electrons. The van der Waals surface area contributed by atoms with Gasteiger partial charge in [0.15, 0.2) is 5.82 Å². The third-order valence-electron chi connectivity index (χ3n) is 3.85. The van der Waals surface area contributed by atoms with E-state index >= 15 is 0 Å². The summed E-state index contributed by atoms with van der Waals surface area (Å²) < 4.78 is 7.02. The molecule has 2 aromatic heterocycles. The summed E-state index contributed by atoms with van der Waals surface area (Å²) in [5.41, 5.74) is 4.87. The molecule has 11 heteroatoms. The quantitative estimate of drug-likeness (QED) is 0.295. The number of nitrogens with one attached hydrogen (secondary N) is 1. The average Bonchev–Trinajstić information content (AvgIpc) is 3.18. The van der Waals surface area contributed by atoms with E-state index in [4.69, 9.17) is 10.3 Å². The van der Waals surface area contributed by atoms with Crippen molar-refractivity contribution >= 4 is 30.3 Å². The Bertz CT molecular complexity index is 1010. The second-order valence-electron chi connectivity index (χ2n) is 5.72.